The molecule has 0 bridgehead atoms. The molecule has 2 aromatic rings. The fourth-order valence-electron chi connectivity index (χ4n) is 1.50. The highest BCUT2D eigenvalue weighted by atomic mass is 32.2. The highest BCUT2D eigenvalue weighted by Crippen LogP contribution is 2.21. The second-order valence-electron chi connectivity index (χ2n) is 3.95. The molecule has 0 atom stereocenters. The highest BCUT2D eigenvalue weighted by Gasteiger charge is 2.10. The molecule has 2 rings (SSSR count). The van der Waals surface area contributed by atoms with Gasteiger partial charge >= 0.3 is 0 Å². The summed E-state index contributed by atoms with van der Waals surface area (Å²) >= 11 is 1.11. The van der Waals surface area contributed by atoms with E-state index in [1.807, 2.05) is 6.07 Å². The molecule has 0 aliphatic rings. The number of nitrogens with zero attached hydrogens (tertiary/aromatic N) is 4. The lowest BCUT2D eigenvalue weighted by molar-refractivity contribution is 0.626. The van der Waals surface area contributed by atoms with E-state index in [0.29, 0.717) is 11.1 Å². The van der Waals surface area contributed by atoms with Crippen LogP contribution in [0.1, 0.15) is 16.8 Å². The van der Waals surface area contributed by atoms with Crippen LogP contribution in [0.15, 0.2) is 28.2 Å². The Morgan fingerprint density at radius 3 is 2.95 bits per heavy atom. The first-order chi connectivity index (χ1) is 9.52. The molecule has 0 aliphatic carbocycles. The van der Waals surface area contributed by atoms with Gasteiger partial charge in [0.2, 0.25) is 5.16 Å². The summed E-state index contributed by atoms with van der Waals surface area (Å²) in [5.41, 5.74) is 0.625. The SMILES string of the molecule is Cc1nnc(SCc2cc(F)ccc2C#N)n(N)c1=O. The molecule has 0 fully saturated rings. The van der Waals surface area contributed by atoms with Gasteiger partial charge in [-0.05, 0) is 30.7 Å². The van der Waals surface area contributed by atoms with Crippen LogP contribution in [0.4, 0.5) is 4.39 Å². The van der Waals surface area contributed by atoms with Crippen LogP contribution in [0.25, 0.3) is 0 Å². The number of halogens is 1. The number of aromatic nitrogens is 3. The Bertz CT molecular complexity index is 752. The van der Waals surface area contributed by atoms with E-state index >= 15 is 0 Å². The quantitative estimate of drug-likeness (QED) is 0.668. The van der Waals surface area contributed by atoms with E-state index in [9.17, 15) is 9.18 Å². The normalized spacial score (nSPS) is 10.2. The van der Waals surface area contributed by atoms with Gasteiger partial charge in [-0.25, -0.2) is 4.39 Å². The van der Waals surface area contributed by atoms with E-state index in [1.54, 1.807) is 0 Å². The molecule has 0 aliphatic heterocycles. The number of nitrogen functional groups attached to an aromatic ring is 1. The molecule has 0 radical (unpaired) electrons. The lowest BCUT2D eigenvalue weighted by Crippen LogP contribution is -2.32. The number of nitriles is 1. The van der Waals surface area contributed by atoms with Gasteiger partial charge in [0.25, 0.3) is 5.56 Å². The number of benzene rings is 1. The number of aryl methyl sites for hydroxylation is 1. The average Bonchev–Trinajstić information content (AvgIpc) is 2.44. The third kappa shape index (κ3) is 2.78. The number of thioether (sulfide) groups is 1. The summed E-state index contributed by atoms with van der Waals surface area (Å²) in [6, 6.07) is 5.87. The van der Waals surface area contributed by atoms with E-state index in [-0.39, 0.29) is 16.6 Å². The molecule has 0 saturated heterocycles. The maximum absolute atomic E-state index is 13.2. The molecule has 20 heavy (non-hydrogen) atoms. The van der Waals surface area contributed by atoms with E-state index in [0.717, 1.165) is 16.4 Å². The summed E-state index contributed by atoms with van der Waals surface area (Å²) in [6.45, 7) is 1.51. The van der Waals surface area contributed by atoms with Gasteiger partial charge in [-0.1, -0.05) is 11.8 Å². The van der Waals surface area contributed by atoms with Crippen LogP contribution in [0, 0.1) is 24.1 Å². The van der Waals surface area contributed by atoms with E-state index < -0.39 is 11.4 Å². The largest absolute Gasteiger partial charge is 0.334 e. The molecule has 0 amide bonds. The lowest BCUT2D eigenvalue weighted by atomic mass is 10.1. The summed E-state index contributed by atoms with van der Waals surface area (Å²) < 4.78 is 14.1. The summed E-state index contributed by atoms with van der Waals surface area (Å²) in [5.74, 6) is 5.42. The van der Waals surface area contributed by atoms with Crippen LogP contribution in [-0.2, 0) is 5.75 Å². The Morgan fingerprint density at radius 2 is 2.25 bits per heavy atom. The van der Waals surface area contributed by atoms with Gasteiger partial charge in [-0.2, -0.15) is 9.94 Å². The van der Waals surface area contributed by atoms with Crippen molar-refractivity contribution in [3.05, 3.63) is 51.2 Å². The van der Waals surface area contributed by atoms with Crippen molar-refractivity contribution in [2.24, 2.45) is 0 Å². The number of nitrogens with two attached hydrogens (primary N) is 1. The second kappa shape index (κ2) is 5.71. The molecule has 102 valence electrons. The van der Waals surface area contributed by atoms with Crippen LogP contribution in [0.5, 0.6) is 0 Å². The molecule has 1 aromatic heterocycles. The first-order valence-electron chi connectivity index (χ1n) is 5.55. The first-order valence-corrected chi connectivity index (χ1v) is 6.54. The number of rotatable bonds is 3. The zero-order valence-corrected chi connectivity index (χ0v) is 11.3. The first kappa shape index (κ1) is 14.0. The van der Waals surface area contributed by atoms with Gasteiger partial charge in [0, 0.05) is 5.75 Å². The van der Waals surface area contributed by atoms with Crippen molar-refractivity contribution in [1.29, 1.82) is 5.26 Å². The summed E-state index contributed by atoms with van der Waals surface area (Å²) in [4.78, 5) is 11.6. The van der Waals surface area contributed by atoms with Gasteiger partial charge in [0.05, 0.1) is 11.6 Å². The predicted octanol–water partition coefficient (Wildman–Crippen LogP) is 0.964. The van der Waals surface area contributed by atoms with Gasteiger partial charge in [0.1, 0.15) is 11.5 Å². The van der Waals surface area contributed by atoms with Crippen LogP contribution < -0.4 is 11.4 Å². The molecule has 1 aromatic carbocycles. The maximum Gasteiger partial charge on any atom is 0.294 e. The van der Waals surface area contributed by atoms with Crippen LogP contribution >= 0.6 is 11.8 Å². The van der Waals surface area contributed by atoms with Crippen molar-refractivity contribution in [3.63, 3.8) is 0 Å². The molecule has 0 spiro atoms. The Labute approximate surface area is 118 Å². The number of hydrogen-bond acceptors (Lipinski definition) is 6. The molecular weight excluding hydrogens is 281 g/mol. The minimum atomic E-state index is -0.442. The van der Waals surface area contributed by atoms with Crippen molar-refractivity contribution >= 4 is 11.8 Å². The van der Waals surface area contributed by atoms with Gasteiger partial charge in [0.15, 0.2) is 0 Å². The van der Waals surface area contributed by atoms with Crippen molar-refractivity contribution in [2.45, 2.75) is 17.8 Å². The highest BCUT2D eigenvalue weighted by molar-refractivity contribution is 7.98. The minimum Gasteiger partial charge on any atom is -0.334 e. The summed E-state index contributed by atoms with van der Waals surface area (Å²) in [7, 11) is 0. The third-order valence-electron chi connectivity index (χ3n) is 2.56. The Kier molecular flexibility index (Phi) is 4.00. The van der Waals surface area contributed by atoms with E-state index in [4.69, 9.17) is 11.1 Å². The van der Waals surface area contributed by atoms with Gasteiger partial charge < -0.3 is 5.84 Å². The molecule has 2 N–H and O–H groups in total. The van der Waals surface area contributed by atoms with Crippen molar-refractivity contribution < 1.29 is 4.39 Å². The van der Waals surface area contributed by atoms with Crippen molar-refractivity contribution in [2.75, 3.05) is 5.84 Å². The topological polar surface area (TPSA) is 97.6 Å². The molecule has 6 nitrogen and oxygen atoms in total. The Hall–Kier alpha value is -2.40. The van der Waals surface area contributed by atoms with E-state index in [1.165, 1.54) is 25.1 Å². The van der Waals surface area contributed by atoms with Crippen LogP contribution in [-0.4, -0.2) is 14.9 Å². The molecule has 0 saturated carbocycles. The standard InChI is InChI=1S/C12H10FN5OS/c1-7-11(19)18(15)12(17-16-7)20-6-9-4-10(13)3-2-8(9)5-14/h2-4H,6,15H2,1H3. The molecule has 8 heteroatoms. The monoisotopic (exact) mass is 291 g/mol. The smallest absolute Gasteiger partial charge is 0.294 e. The van der Waals surface area contributed by atoms with Crippen molar-refractivity contribution in [1.82, 2.24) is 14.9 Å². The molecule has 0 unspecified atom stereocenters. The maximum atomic E-state index is 13.2. The van der Waals surface area contributed by atoms with Crippen molar-refractivity contribution in [3.8, 4) is 6.07 Å². The Morgan fingerprint density at radius 1 is 1.50 bits per heavy atom. The van der Waals surface area contributed by atoms with Gasteiger partial charge in [-0.3, -0.25) is 4.79 Å². The molecular formula is C12H10FN5OS. The van der Waals surface area contributed by atoms with E-state index in [2.05, 4.69) is 10.2 Å². The Balaban J connectivity index is 2.26. The zero-order valence-electron chi connectivity index (χ0n) is 10.5. The fraction of sp³-hybridized carbons (Fsp3) is 0.167. The fourth-order valence-corrected chi connectivity index (χ4v) is 2.35. The minimum absolute atomic E-state index is 0.195. The van der Waals surface area contributed by atoms with Gasteiger partial charge in [-0.15, -0.1) is 10.2 Å². The van der Waals surface area contributed by atoms with Crippen LogP contribution in [0.3, 0.4) is 0 Å². The summed E-state index contributed by atoms with van der Waals surface area (Å²) in [6.07, 6.45) is 0. The summed E-state index contributed by atoms with van der Waals surface area (Å²) in [5, 5.41) is 16.6. The third-order valence-corrected chi connectivity index (χ3v) is 3.56. The molecule has 1 heterocycles. The zero-order chi connectivity index (χ0) is 14.7. The predicted molar refractivity (Wildman–Crippen MR) is 71.9 cm³/mol. The second-order valence-corrected chi connectivity index (χ2v) is 4.89. The number of hydrogen-bond donors (Lipinski definition) is 1. The van der Waals surface area contributed by atoms with Crippen LogP contribution in [0.2, 0.25) is 0 Å². The average molecular weight is 291 g/mol. The lowest BCUT2D eigenvalue weighted by Gasteiger charge is -2.07.